The number of benzene rings is 3. The number of amides is 1. The van der Waals surface area contributed by atoms with Crippen LogP contribution in [0.15, 0.2) is 72.8 Å². The highest BCUT2D eigenvalue weighted by Gasteiger charge is 2.27. The number of nitrogens with zero attached hydrogens (tertiary/aromatic N) is 4. The van der Waals surface area contributed by atoms with Gasteiger partial charge in [-0.3, -0.25) is 4.79 Å². The van der Waals surface area contributed by atoms with E-state index < -0.39 is 5.60 Å². The largest absolute Gasteiger partial charge is 0.490 e. The van der Waals surface area contributed by atoms with E-state index in [-0.39, 0.29) is 31.1 Å². The van der Waals surface area contributed by atoms with E-state index in [1.807, 2.05) is 73.9 Å². The molecule has 216 valence electrons. The van der Waals surface area contributed by atoms with Crippen LogP contribution in [0.3, 0.4) is 0 Å². The van der Waals surface area contributed by atoms with Crippen molar-refractivity contribution in [2.45, 2.75) is 58.5 Å². The molecule has 1 aliphatic rings. The fourth-order valence-corrected chi connectivity index (χ4v) is 4.82. The molecule has 1 saturated heterocycles. The van der Waals surface area contributed by atoms with Gasteiger partial charge in [-0.05, 0) is 57.2 Å². The summed E-state index contributed by atoms with van der Waals surface area (Å²) in [7, 11) is 0. The molecular weight excluding hydrogens is 532 g/mol. The summed E-state index contributed by atoms with van der Waals surface area (Å²) in [5.41, 5.74) is 2.01. The molecule has 1 aromatic heterocycles. The zero-order valence-electron chi connectivity index (χ0n) is 24.1. The van der Waals surface area contributed by atoms with E-state index in [1.165, 1.54) is 0 Å². The lowest BCUT2D eigenvalue weighted by molar-refractivity contribution is 0.0126. The minimum atomic E-state index is -0.511. The lowest BCUT2D eigenvalue weighted by Gasteiger charge is -2.33. The Morgan fingerprint density at radius 1 is 0.976 bits per heavy atom. The van der Waals surface area contributed by atoms with Crippen LogP contribution >= 0.6 is 0 Å². The molecule has 5 rings (SSSR count). The quantitative estimate of drug-likeness (QED) is 0.172. The molecule has 0 spiro atoms. The number of fused-ring (bicyclic) bond motifs is 1. The van der Waals surface area contributed by atoms with Gasteiger partial charge in [-0.25, -0.2) is 14.6 Å². The number of piperidine rings is 1. The van der Waals surface area contributed by atoms with Crippen LogP contribution in [0.1, 0.15) is 49.8 Å². The normalized spacial score (nSPS) is 13.9. The van der Waals surface area contributed by atoms with Gasteiger partial charge in [0.1, 0.15) is 35.6 Å². The molecule has 1 amide bonds. The lowest BCUT2D eigenvalue weighted by atomic mass is 10.1. The molecular formula is C33H34N4O5. The first-order valence-corrected chi connectivity index (χ1v) is 14.0. The first-order chi connectivity index (χ1) is 20.2. The van der Waals surface area contributed by atoms with Crippen LogP contribution in [0.25, 0.3) is 15.9 Å². The Hall–Kier alpha value is -4.84. The molecule has 0 N–H and O–H groups in total. The summed E-state index contributed by atoms with van der Waals surface area (Å²) < 4.78 is 19.5. The topological polar surface area (TPSA) is 87.2 Å². The third-order valence-electron chi connectivity index (χ3n) is 6.93. The number of ether oxygens (including phenoxy) is 3. The first-order valence-electron chi connectivity index (χ1n) is 14.0. The molecule has 0 bridgehead atoms. The molecule has 4 aromatic rings. The van der Waals surface area contributed by atoms with Gasteiger partial charge < -0.3 is 23.7 Å². The van der Waals surface area contributed by atoms with Gasteiger partial charge in [-0.15, -0.1) is 0 Å². The van der Waals surface area contributed by atoms with Gasteiger partial charge in [0.15, 0.2) is 11.5 Å². The van der Waals surface area contributed by atoms with Gasteiger partial charge in [0, 0.05) is 31.5 Å². The van der Waals surface area contributed by atoms with Crippen molar-refractivity contribution in [3.05, 3.63) is 95.6 Å². The second-order valence-electron chi connectivity index (χ2n) is 11.2. The van der Waals surface area contributed by atoms with E-state index in [2.05, 4.69) is 4.85 Å². The van der Waals surface area contributed by atoms with Gasteiger partial charge >= 0.3 is 6.09 Å². The molecule has 42 heavy (non-hydrogen) atoms. The van der Waals surface area contributed by atoms with Crippen LogP contribution in [0, 0.1) is 6.57 Å². The zero-order chi connectivity index (χ0) is 29.7. The maximum Gasteiger partial charge on any atom is 0.410 e. The molecule has 1 fully saturated rings. The molecule has 0 unspecified atom stereocenters. The Morgan fingerprint density at radius 2 is 1.67 bits per heavy atom. The smallest absolute Gasteiger partial charge is 0.410 e. The predicted octanol–water partition coefficient (Wildman–Crippen LogP) is 6.83. The first kappa shape index (κ1) is 28.7. The van der Waals surface area contributed by atoms with Gasteiger partial charge in [0.2, 0.25) is 0 Å². The van der Waals surface area contributed by atoms with Crippen molar-refractivity contribution < 1.29 is 23.8 Å². The Labute approximate surface area is 245 Å². The van der Waals surface area contributed by atoms with Crippen LogP contribution in [0.5, 0.6) is 11.5 Å². The molecule has 9 nitrogen and oxygen atoms in total. The molecule has 0 radical (unpaired) electrons. The van der Waals surface area contributed by atoms with E-state index in [9.17, 15) is 9.59 Å². The van der Waals surface area contributed by atoms with Crippen LogP contribution < -0.4 is 9.47 Å². The predicted molar refractivity (Wildman–Crippen MR) is 159 cm³/mol. The monoisotopic (exact) mass is 566 g/mol. The number of aromatic nitrogens is 2. The molecule has 0 atom stereocenters. The molecule has 3 aromatic carbocycles. The summed E-state index contributed by atoms with van der Waals surface area (Å²) in [4.78, 5) is 35.3. The number of hydrogen-bond donors (Lipinski definition) is 0. The zero-order valence-corrected chi connectivity index (χ0v) is 24.1. The molecule has 0 aliphatic carbocycles. The molecule has 0 saturated carbocycles. The summed E-state index contributed by atoms with van der Waals surface area (Å²) in [5.74, 6) is 1.92. The van der Waals surface area contributed by atoms with E-state index >= 15 is 0 Å². The summed E-state index contributed by atoms with van der Waals surface area (Å²) in [6.07, 6.45) is 1.18. The highest BCUT2D eigenvalue weighted by Crippen LogP contribution is 2.26. The van der Waals surface area contributed by atoms with Gasteiger partial charge in [0.05, 0.1) is 24.2 Å². The van der Waals surface area contributed by atoms with Crippen LogP contribution in [-0.2, 0) is 17.9 Å². The van der Waals surface area contributed by atoms with Crippen molar-refractivity contribution in [2.75, 3.05) is 13.1 Å². The lowest BCUT2D eigenvalue weighted by Crippen LogP contribution is -2.44. The van der Waals surface area contributed by atoms with Gasteiger partial charge in [0.25, 0.3) is 0 Å². The number of imidazole rings is 1. The van der Waals surface area contributed by atoms with Crippen LogP contribution in [-0.4, -0.2) is 51.1 Å². The highest BCUT2D eigenvalue weighted by atomic mass is 16.6. The number of rotatable bonds is 8. The summed E-state index contributed by atoms with van der Waals surface area (Å²) in [6.45, 7) is 14.4. The Kier molecular flexibility index (Phi) is 8.43. The number of ketones is 1. The minimum absolute atomic E-state index is 0.0119. The van der Waals surface area contributed by atoms with Crippen molar-refractivity contribution in [1.29, 1.82) is 0 Å². The van der Waals surface area contributed by atoms with E-state index in [0.717, 1.165) is 24.1 Å². The summed E-state index contributed by atoms with van der Waals surface area (Å²) >= 11 is 0. The van der Waals surface area contributed by atoms with Crippen LogP contribution in [0.2, 0.25) is 0 Å². The van der Waals surface area contributed by atoms with E-state index in [4.69, 9.17) is 25.8 Å². The van der Waals surface area contributed by atoms with E-state index in [0.29, 0.717) is 41.4 Å². The van der Waals surface area contributed by atoms with Crippen molar-refractivity contribution in [3.63, 3.8) is 0 Å². The van der Waals surface area contributed by atoms with Gasteiger partial charge in [-0.1, -0.05) is 36.4 Å². The second-order valence-corrected chi connectivity index (χ2v) is 11.2. The fraction of sp³-hybridized carbons (Fsp3) is 0.333. The average molecular weight is 567 g/mol. The molecule has 9 heteroatoms. The Bertz CT molecular complexity index is 1590. The van der Waals surface area contributed by atoms with Gasteiger partial charge in [-0.2, -0.15) is 0 Å². The standard InChI is InChI=1S/C33H34N4O5/c1-33(2,3)42-32(39)36-18-16-27(17-19-36)41-26-13-11-25(12-14-26)40-22-31-35-28-20-24(34-4)10-15-29(28)37(31)21-30(38)23-8-6-5-7-9-23/h5-15,20,27H,16-19,21-22H2,1-3H3. The Balaban J connectivity index is 1.21. The maximum atomic E-state index is 13.0. The van der Waals surface area contributed by atoms with Crippen LogP contribution in [0.4, 0.5) is 10.5 Å². The SMILES string of the molecule is [C-]#[N+]c1ccc2c(c1)nc(COc1ccc(OC3CCN(C(=O)OC(C)(C)C)CC3)cc1)n2CC(=O)c1ccccc1. The van der Waals surface area contributed by atoms with Crippen molar-refractivity contribution >= 4 is 28.6 Å². The third kappa shape index (κ3) is 7.07. The van der Waals surface area contributed by atoms with E-state index in [1.54, 1.807) is 29.2 Å². The number of carbonyl (C=O) groups is 2. The fourth-order valence-electron chi connectivity index (χ4n) is 4.82. The highest BCUT2D eigenvalue weighted by molar-refractivity contribution is 5.96. The summed E-state index contributed by atoms with van der Waals surface area (Å²) in [5, 5.41) is 0. The number of Topliss-reactive ketones (excluding diaryl/α,β-unsaturated/α-hetero) is 1. The van der Waals surface area contributed by atoms with Crippen molar-refractivity contribution in [3.8, 4) is 11.5 Å². The second kappa shape index (κ2) is 12.4. The third-order valence-corrected chi connectivity index (χ3v) is 6.93. The average Bonchev–Trinajstić information content (AvgIpc) is 3.32. The minimum Gasteiger partial charge on any atom is -0.490 e. The maximum absolute atomic E-state index is 13.0. The number of carbonyl (C=O) groups excluding carboxylic acids is 2. The summed E-state index contributed by atoms with van der Waals surface area (Å²) in [6, 6.07) is 21.8. The van der Waals surface area contributed by atoms with Crippen molar-refractivity contribution in [2.24, 2.45) is 0 Å². The molecule has 1 aliphatic heterocycles. The molecule has 2 heterocycles. The Morgan fingerprint density at radius 3 is 2.33 bits per heavy atom. The number of hydrogen-bond acceptors (Lipinski definition) is 6. The number of likely N-dealkylation sites (tertiary alicyclic amines) is 1. The van der Waals surface area contributed by atoms with Crippen molar-refractivity contribution in [1.82, 2.24) is 14.5 Å².